The zero-order valence-electron chi connectivity index (χ0n) is 18.2. The Bertz CT molecular complexity index is 919. The van der Waals surface area contributed by atoms with E-state index in [2.05, 4.69) is 33.2 Å². The van der Waals surface area contributed by atoms with Crippen LogP contribution in [-0.2, 0) is 0 Å². The van der Waals surface area contributed by atoms with Crippen molar-refractivity contribution in [1.82, 2.24) is 10.9 Å². The van der Waals surface area contributed by atoms with E-state index in [0.717, 1.165) is 22.5 Å². The number of nitrogens with zero attached hydrogens (tertiary/aromatic N) is 6. The van der Waals surface area contributed by atoms with E-state index in [1.807, 2.05) is 72.4 Å². The van der Waals surface area contributed by atoms with Crippen LogP contribution in [0.3, 0.4) is 0 Å². The van der Waals surface area contributed by atoms with Gasteiger partial charge in [0, 0.05) is 38.6 Å². The van der Waals surface area contributed by atoms with Gasteiger partial charge in [0.1, 0.15) is 0 Å². The normalized spacial score (nSPS) is 10.5. The Morgan fingerprint density at radius 3 is 1.53 bits per heavy atom. The van der Waals surface area contributed by atoms with E-state index < -0.39 is 6.03 Å². The van der Waals surface area contributed by atoms with Gasteiger partial charge in [0.25, 0.3) is 0 Å². The Labute approximate surface area is 188 Å². The topological polar surface area (TPSA) is 120 Å². The molecule has 2 aromatic rings. The first-order valence-corrected chi connectivity index (χ1v) is 10.0. The third-order valence-corrected chi connectivity index (χ3v) is 4.55. The minimum Gasteiger partial charge on any atom is -0.374 e. The maximum Gasteiger partial charge on any atom is 0.355 e. The van der Waals surface area contributed by atoms with Crippen molar-refractivity contribution in [2.45, 2.75) is 12.8 Å². The molecule has 0 saturated heterocycles. The Morgan fingerprint density at radius 1 is 0.812 bits per heavy atom. The molecule has 0 atom stereocenters. The average molecular weight is 431 g/mol. The third kappa shape index (κ3) is 8.17. The van der Waals surface area contributed by atoms with Gasteiger partial charge in [-0.3, -0.25) is 0 Å². The first-order valence-electron chi connectivity index (χ1n) is 10.0. The molecule has 2 amide bonds. The molecule has 0 spiro atoms. The predicted octanol–water partition coefficient (Wildman–Crippen LogP) is 3.05. The summed E-state index contributed by atoms with van der Waals surface area (Å²) >= 11 is 0. The Morgan fingerprint density at radius 2 is 1.19 bits per heavy atom. The fourth-order valence-corrected chi connectivity index (χ4v) is 2.68. The number of amides is 2. The van der Waals surface area contributed by atoms with Gasteiger partial charge >= 0.3 is 6.03 Å². The molecule has 0 bridgehead atoms. The lowest BCUT2D eigenvalue weighted by Gasteiger charge is -2.17. The van der Waals surface area contributed by atoms with E-state index in [0.29, 0.717) is 25.9 Å². The summed E-state index contributed by atoms with van der Waals surface area (Å²) in [5, 5.41) is 25.1. The number of rotatable bonds is 10. The van der Waals surface area contributed by atoms with Gasteiger partial charge in [-0.25, -0.2) is 15.6 Å². The quantitative estimate of drug-likeness (QED) is 0.443. The van der Waals surface area contributed by atoms with Crippen molar-refractivity contribution in [3.05, 3.63) is 59.7 Å². The monoisotopic (exact) mass is 430 g/mol. The van der Waals surface area contributed by atoms with Crippen LogP contribution in [0.5, 0.6) is 0 Å². The summed E-state index contributed by atoms with van der Waals surface area (Å²) in [6.07, 6.45) is 3.99. The van der Waals surface area contributed by atoms with Crippen LogP contribution in [0.4, 0.5) is 16.2 Å². The molecule has 0 unspecified atom stereocenters. The Hall–Kier alpha value is -4.37. The fraction of sp³-hybridized carbons (Fsp3) is 0.261. The average Bonchev–Trinajstić information content (AvgIpc) is 2.82. The number of hydrazone groups is 2. The number of anilines is 2. The van der Waals surface area contributed by atoms with Crippen molar-refractivity contribution >= 4 is 29.8 Å². The van der Waals surface area contributed by atoms with Crippen molar-refractivity contribution in [2.75, 3.05) is 37.0 Å². The first kappa shape index (κ1) is 23.9. The molecule has 2 rings (SSSR count). The molecule has 0 heterocycles. The van der Waals surface area contributed by atoms with Crippen molar-refractivity contribution < 1.29 is 4.79 Å². The van der Waals surface area contributed by atoms with Gasteiger partial charge in [-0.1, -0.05) is 24.3 Å². The van der Waals surface area contributed by atoms with Crippen LogP contribution in [-0.4, -0.2) is 45.6 Å². The SMILES string of the molecule is CN(CCC#N)c1ccc(/C=N\NC(=O)N/N=C\c2ccc(N(C)CCC#N)cc2)cc1. The van der Waals surface area contributed by atoms with Crippen LogP contribution >= 0.6 is 0 Å². The van der Waals surface area contributed by atoms with E-state index in [1.165, 1.54) is 12.4 Å². The molecule has 0 fully saturated rings. The fourth-order valence-electron chi connectivity index (χ4n) is 2.68. The number of carbonyl (C=O) groups is 1. The zero-order chi connectivity index (χ0) is 23.2. The molecule has 32 heavy (non-hydrogen) atoms. The summed E-state index contributed by atoms with van der Waals surface area (Å²) < 4.78 is 0. The number of benzene rings is 2. The van der Waals surface area contributed by atoms with E-state index in [-0.39, 0.29) is 0 Å². The molecule has 9 heteroatoms. The highest BCUT2D eigenvalue weighted by Gasteiger charge is 2.01. The smallest absolute Gasteiger partial charge is 0.355 e. The van der Waals surface area contributed by atoms with Crippen LogP contribution in [0.15, 0.2) is 58.7 Å². The molecule has 164 valence electrons. The molecule has 0 saturated carbocycles. The van der Waals surface area contributed by atoms with Gasteiger partial charge in [-0.05, 0) is 35.4 Å². The van der Waals surface area contributed by atoms with Crippen LogP contribution in [0.2, 0.25) is 0 Å². The molecular weight excluding hydrogens is 404 g/mol. The summed E-state index contributed by atoms with van der Waals surface area (Å²) in [4.78, 5) is 15.8. The second kappa shape index (κ2) is 13.0. The lowest BCUT2D eigenvalue weighted by molar-refractivity contribution is 0.242. The van der Waals surface area contributed by atoms with Crippen molar-refractivity contribution in [2.24, 2.45) is 10.2 Å². The standard InChI is InChI=1S/C23H26N8O/c1-30(15-3-13-24)21-9-5-19(6-10-21)17-26-28-23(32)29-27-18-20-7-11-22(12-8-20)31(2)16-4-14-25/h5-12,17-18H,3-4,15-16H2,1-2H3,(H2,28,29,32)/b26-17-,27-18-. The van der Waals surface area contributed by atoms with Crippen LogP contribution < -0.4 is 20.7 Å². The highest BCUT2D eigenvalue weighted by Crippen LogP contribution is 2.14. The number of nitrogens with one attached hydrogen (secondary N) is 2. The summed E-state index contributed by atoms with van der Waals surface area (Å²) in [6, 6.07) is 18.9. The first-order chi connectivity index (χ1) is 15.5. The largest absolute Gasteiger partial charge is 0.374 e. The van der Waals surface area contributed by atoms with Crippen molar-refractivity contribution in [3.63, 3.8) is 0 Å². The molecular formula is C23H26N8O. The van der Waals surface area contributed by atoms with Gasteiger partial charge in [0.2, 0.25) is 0 Å². The highest BCUT2D eigenvalue weighted by atomic mass is 16.2. The van der Waals surface area contributed by atoms with Crippen molar-refractivity contribution in [3.8, 4) is 12.1 Å². The van der Waals surface area contributed by atoms with Crippen LogP contribution in [0.25, 0.3) is 0 Å². The van der Waals surface area contributed by atoms with Gasteiger partial charge in [0.05, 0.1) is 37.4 Å². The second-order valence-electron chi connectivity index (χ2n) is 6.91. The summed E-state index contributed by atoms with van der Waals surface area (Å²) in [5.74, 6) is 0. The van der Waals surface area contributed by atoms with E-state index in [1.54, 1.807) is 0 Å². The van der Waals surface area contributed by atoms with E-state index in [4.69, 9.17) is 10.5 Å². The Kier molecular flexibility index (Phi) is 9.74. The van der Waals surface area contributed by atoms with E-state index in [9.17, 15) is 4.79 Å². The molecule has 0 aromatic heterocycles. The molecule has 9 nitrogen and oxygen atoms in total. The predicted molar refractivity (Wildman–Crippen MR) is 127 cm³/mol. The lowest BCUT2D eigenvalue weighted by atomic mass is 10.2. The van der Waals surface area contributed by atoms with Gasteiger partial charge < -0.3 is 9.80 Å². The van der Waals surface area contributed by atoms with Crippen molar-refractivity contribution in [1.29, 1.82) is 10.5 Å². The van der Waals surface area contributed by atoms with Gasteiger partial charge in [0.15, 0.2) is 0 Å². The Balaban J connectivity index is 1.77. The zero-order valence-corrected chi connectivity index (χ0v) is 18.2. The highest BCUT2D eigenvalue weighted by molar-refractivity contribution is 5.84. The molecule has 2 aromatic carbocycles. The van der Waals surface area contributed by atoms with Crippen LogP contribution in [0.1, 0.15) is 24.0 Å². The molecule has 0 aliphatic rings. The minimum atomic E-state index is -0.557. The number of hydrogen-bond acceptors (Lipinski definition) is 7. The summed E-state index contributed by atoms with van der Waals surface area (Å²) in [7, 11) is 3.85. The number of nitriles is 2. The van der Waals surface area contributed by atoms with E-state index >= 15 is 0 Å². The van der Waals surface area contributed by atoms with Crippen LogP contribution in [0, 0.1) is 22.7 Å². The van der Waals surface area contributed by atoms with Gasteiger partial charge in [-0.15, -0.1) is 0 Å². The molecule has 0 radical (unpaired) electrons. The second-order valence-corrected chi connectivity index (χ2v) is 6.91. The maximum absolute atomic E-state index is 11.8. The lowest BCUT2D eigenvalue weighted by Crippen LogP contribution is -2.28. The molecule has 0 aliphatic carbocycles. The van der Waals surface area contributed by atoms with Gasteiger partial charge in [-0.2, -0.15) is 20.7 Å². The number of hydrogen-bond donors (Lipinski definition) is 2. The molecule has 2 N–H and O–H groups in total. The molecule has 0 aliphatic heterocycles. The summed E-state index contributed by atoms with van der Waals surface area (Å²) in [5.41, 5.74) is 8.35. The summed E-state index contributed by atoms with van der Waals surface area (Å²) in [6.45, 7) is 1.32. The minimum absolute atomic E-state index is 0.465. The third-order valence-electron chi connectivity index (χ3n) is 4.55. The maximum atomic E-state index is 11.8. The number of carbonyl (C=O) groups excluding carboxylic acids is 1. The number of urea groups is 1.